The Balaban J connectivity index is 1.65. The second kappa shape index (κ2) is 9.47. The molecule has 0 radical (unpaired) electrons. The van der Waals surface area contributed by atoms with E-state index in [1.165, 1.54) is 4.31 Å². The maximum absolute atomic E-state index is 12.7. The fourth-order valence-corrected chi connectivity index (χ4v) is 5.00. The first-order valence-electron chi connectivity index (χ1n) is 9.88. The van der Waals surface area contributed by atoms with Crippen LogP contribution in [0, 0.1) is 12.8 Å². The standard InChI is InChI=1S/C20H27ClN4O4S/c1-14(2)13-25-19(21)18(15(3)23-25)20(26)22-12-16-4-6-17(7-5-16)30(27,28)24-8-10-29-11-9-24/h4-7,14H,8-13H2,1-3H3,(H,22,26). The Morgan fingerprint density at radius 3 is 2.47 bits per heavy atom. The molecule has 0 spiro atoms. The van der Waals surface area contributed by atoms with E-state index < -0.39 is 10.0 Å². The SMILES string of the molecule is Cc1nn(CC(C)C)c(Cl)c1C(=O)NCc1ccc(S(=O)(=O)N2CCOCC2)cc1. The zero-order valence-electron chi connectivity index (χ0n) is 17.4. The lowest BCUT2D eigenvalue weighted by Gasteiger charge is -2.26. The Bertz CT molecular complexity index is 997. The van der Waals surface area contributed by atoms with Crippen LogP contribution in [0.1, 0.15) is 35.5 Å². The molecule has 1 N–H and O–H groups in total. The van der Waals surface area contributed by atoms with Crippen molar-refractivity contribution in [2.24, 2.45) is 5.92 Å². The molecule has 10 heteroatoms. The fraction of sp³-hybridized carbons (Fsp3) is 0.500. The van der Waals surface area contributed by atoms with Crippen molar-refractivity contribution >= 4 is 27.5 Å². The Morgan fingerprint density at radius 1 is 1.23 bits per heavy atom. The zero-order valence-corrected chi connectivity index (χ0v) is 19.0. The van der Waals surface area contributed by atoms with Crippen molar-refractivity contribution in [1.29, 1.82) is 0 Å². The molecule has 1 amide bonds. The van der Waals surface area contributed by atoms with Crippen LogP contribution in [0.3, 0.4) is 0 Å². The summed E-state index contributed by atoms with van der Waals surface area (Å²) in [7, 11) is -3.53. The van der Waals surface area contributed by atoms with Crippen molar-refractivity contribution < 1.29 is 17.9 Å². The normalized spacial score (nSPS) is 15.5. The summed E-state index contributed by atoms with van der Waals surface area (Å²) >= 11 is 6.35. The lowest BCUT2D eigenvalue weighted by atomic mass is 10.2. The number of ether oxygens (including phenoxy) is 1. The third kappa shape index (κ3) is 5.03. The highest BCUT2D eigenvalue weighted by Gasteiger charge is 2.26. The van der Waals surface area contributed by atoms with Gasteiger partial charge in [-0.2, -0.15) is 9.40 Å². The molecule has 1 aromatic heterocycles. The molecule has 0 bridgehead atoms. The minimum Gasteiger partial charge on any atom is -0.379 e. The number of sulfonamides is 1. The van der Waals surface area contributed by atoms with Gasteiger partial charge >= 0.3 is 0 Å². The van der Waals surface area contributed by atoms with E-state index >= 15 is 0 Å². The summed E-state index contributed by atoms with van der Waals surface area (Å²) < 4.78 is 33.6. The molecule has 8 nitrogen and oxygen atoms in total. The minimum absolute atomic E-state index is 0.230. The van der Waals surface area contributed by atoms with Crippen LogP contribution in [0.15, 0.2) is 29.2 Å². The summed E-state index contributed by atoms with van der Waals surface area (Å²) in [6.07, 6.45) is 0. The molecule has 164 valence electrons. The van der Waals surface area contributed by atoms with Crippen molar-refractivity contribution in [2.45, 2.75) is 38.8 Å². The van der Waals surface area contributed by atoms with Crippen LogP contribution >= 0.6 is 11.6 Å². The highest BCUT2D eigenvalue weighted by atomic mass is 35.5. The smallest absolute Gasteiger partial charge is 0.256 e. The van der Waals surface area contributed by atoms with Crippen molar-refractivity contribution in [1.82, 2.24) is 19.4 Å². The Kier molecular flexibility index (Phi) is 7.18. The summed E-state index contributed by atoms with van der Waals surface area (Å²) in [6, 6.07) is 6.52. The van der Waals surface area contributed by atoms with Crippen LogP contribution in [-0.2, 0) is 27.8 Å². The topological polar surface area (TPSA) is 93.5 Å². The zero-order chi connectivity index (χ0) is 21.9. The van der Waals surface area contributed by atoms with Crippen LogP contribution in [0.5, 0.6) is 0 Å². The van der Waals surface area contributed by atoms with Gasteiger partial charge in [-0.1, -0.05) is 37.6 Å². The molecule has 3 rings (SSSR count). The minimum atomic E-state index is -3.53. The Hall–Kier alpha value is -1.94. The van der Waals surface area contributed by atoms with Gasteiger partial charge in [0.25, 0.3) is 5.91 Å². The molecule has 1 aliphatic rings. The van der Waals surface area contributed by atoms with Gasteiger partial charge in [-0.05, 0) is 30.5 Å². The number of aromatic nitrogens is 2. The molecule has 1 aliphatic heterocycles. The first kappa shape index (κ1) is 22.7. The van der Waals surface area contributed by atoms with Gasteiger partial charge in [-0.25, -0.2) is 8.42 Å². The van der Waals surface area contributed by atoms with Crippen LogP contribution in [0.2, 0.25) is 5.15 Å². The van der Waals surface area contributed by atoms with E-state index in [0.717, 1.165) is 5.56 Å². The number of nitrogens with one attached hydrogen (secondary N) is 1. The van der Waals surface area contributed by atoms with E-state index in [-0.39, 0.29) is 17.3 Å². The van der Waals surface area contributed by atoms with Gasteiger partial charge in [-0.3, -0.25) is 9.48 Å². The first-order valence-corrected chi connectivity index (χ1v) is 11.7. The van der Waals surface area contributed by atoms with E-state index in [0.29, 0.717) is 55.2 Å². The average Bonchev–Trinajstić information content (AvgIpc) is 2.99. The maximum atomic E-state index is 12.7. The summed E-state index contributed by atoms with van der Waals surface area (Å²) in [6.45, 7) is 8.25. The number of carbonyl (C=O) groups excluding carboxylic acids is 1. The number of amides is 1. The van der Waals surface area contributed by atoms with Crippen LogP contribution in [0.4, 0.5) is 0 Å². The summed E-state index contributed by atoms with van der Waals surface area (Å²) in [5.41, 5.74) is 1.72. The highest BCUT2D eigenvalue weighted by Crippen LogP contribution is 2.21. The molecule has 1 saturated heterocycles. The van der Waals surface area contributed by atoms with Crippen molar-refractivity contribution in [3.63, 3.8) is 0 Å². The summed E-state index contributed by atoms with van der Waals surface area (Å²) in [5, 5.41) is 7.51. The molecule has 0 unspecified atom stereocenters. The number of halogens is 1. The van der Waals surface area contributed by atoms with Gasteiger partial charge in [0.05, 0.1) is 29.4 Å². The van der Waals surface area contributed by atoms with Crippen LogP contribution in [0.25, 0.3) is 0 Å². The number of hydrogen-bond acceptors (Lipinski definition) is 5. The third-order valence-corrected chi connectivity index (χ3v) is 7.11. The highest BCUT2D eigenvalue weighted by molar-refractivity contribution is 7.89. The number of carbonyl (C=O) groups is 1. The second-order valence-electron chi connectivity index (χ2n) is 7.67. The number of rotatable bonds is 7. The Morgan fingerprint density at radius 2 is 1.87 bits per heavy atom. The summed E-state index contributed by atoms with van der Waals surface area (Å²) in [4.78, 5) is 12.9. The molecule has 1 fully saturated rings. The predicted octanol–water partition coefficient (Wildman–Crippen LogP) is 2.45. The van der Waals surface area contributed by atoms with Crippen LogP contribution < -0.4 is 5.32 Å². The number of morpholine rings is 1. The van der Waals surface area contributed by atoms with E-state index in [2.05, 4.69) is 24.3 Å². The van der Waals surface area contributed by atoms with Gasteiger partial charge in [0, 0.05) is 26.2 Å². The average molecular weight is 455 g/mol. The van der Waals surface area contributed by atoms with Gasteiger partial charge in [0.15, 0.2) is 0 Å². The van der Waals surface area contributed by atoms with E-state index in [4.69, 9.17) is 16.3 Å². The number of benzene rings is 1. The predicted molar refractivity (Wildman–Crippen MR) is 114 cm³/mol. The van der Waals surface area contributed by atoms with E-state index in [9.17, 15) is 13.2 Å². The second-order valence-corrected chi connectivity index (χ2v) is 9.97. The largest absolute Gasteiger partial charge is 0.379 e. The maximum Gasteiger partial charge on any atom is 0.256 e. The van der Waals surface area contributed by atoms with Crippen molar-refractivity contribution in [2.75, 3.05) is 26.3 Å². The first-order chi connectivity index (χ1) is 14.2. The van der Waals surface area contributed by atoms with Gasteiger partial charge < -0.3 is 10.1 Å². The van der Waals surface area contributed by atoms with Gasteiger partial charge in [0.1, 0.15) is 5.15 Å². The third-order valence-electron chi connectivity index (χ3n) is 4.81. The number of nitrogens with zero attached hydrogens (tertiary/aromatic N) is 3. The summed E-state index contributed by atoms with van der Waals surface area (Å²) in [5.74, 6) is 0.0440. The van der Waals surface area contributed by atoms with E-state index in [1.807, 2.05) is 0 Å². The van der Waals surface area contributed by atoms with Crippen LogP contribution in [-0.4, -0.2) is 54.7 Å². The monoisotopic (exact) mass is 454 g/mol. The quantitative estimate of drug-likeness (QED) is 0.693. The van der Waals surface area contributed by atoms with Crippen molar-refractivity contribution in [3.8, 4) is 0 Å². The molecule has 0 aliphatic carbocycles. The lowest BCUT2D eigenvalue weighted by Crippen LogP contribution is -2.40. The fourth-order valence-electron chi connectivity index (χ4n) is 3.26. The van der Waals surface area contributed by atoms with Gasteiger partial charge in [0.2, 0.25) is 10.0 Å². The van der Waals surface area contributed by atoms with Gasteiger partial charge in [-0.15, -0.1) is 0 Å². The lowest BCUT2D eigenvalue weighted by molar-refractivity contribution is 0.0730. The molecule has 2 aromatic rings. The Labute approximate surface area is 182 Å². The molecule has 30 heavy (non-hydrogen) atoms. The molecular weight excluding hydrogens is 428 g/mol. The number of aryl methyl sites for hydroxylation is 1. The van der Waals surface area contributed by atoms with Crippen molar-refractivity contribution in [3.05, 3.63) is 46.2 Å². The van der Waals surface area contributed by atoms with E-state index in [1.54, 1.807) is 35.9 Å². The number of hydrogen-bond donors (Lipinski definition) is 1. The molecule has 1 aromatic carbocycles. The molecule has 2 heterocycles. The molecule has 0 saturated carbocycles. The molecule has 0 atom stereocenters. The molecular formula is C20H27ClN4O4S.